The van der Waals surface area contributed by atoms with Gasteiger partial charge in [-0.1, -0.05) is 17.7 Å². The summed E-state index contributed by atoms with van der Waals surface area (Å²) in [5.41, 5.74) is 3.41. The standard InChI is InChI=1S/C18H18ClFN6O2/c1-10-7-16(26(2)24-10)23-15-8-14(12(19)9-21-15)22-17-11(18(27)25-28-3)5-4-6-13(17)20/h4-9H,1-3H3,(H,25,27)(H2,21,22,23). The molecule has 0 unspecified atom stereocenters. The van der Waals surface area contributed by atoms with E-state index in [1.54, 1.807) is 17.8 Å². The van der Waals surface area contributed by atoms with Crippen LogP contribution in [0.1, 0.15) is 16.1 Å². The molecule has 2 heterocycles. The molecule has 10 heteroatoms. The van der Waals surface area contributed by atoms with E-state index in [9.17, 15) is 9.18 Å². The summed E-state index contributed by atoms with van der Waals surface area (Å²) < 4.78 is 16.1. The van der Waals surface area contributed by atoms with Gasteiger partial charge in [0, 0.05) is 19.2 Å². The summed E-state index contributed by atoms with van der Waals surface area (Å²) in [7, 11) is 3.09. The maximum Gasteiger partial charge on any atom is 0.277 e. The van der Waals surface area contributed by atoms with Gasteiger partial charge in [0.1, 0.15) is 17.5 Å². The number of hydrogen-bond acceptors (Lipinski definition) is 6. The first kappa shape index (κ1) is 19.6. The van der Waals surface area contributed by atoms with Gasteiger partial charge in [-0.25, -0.2) is 14.9 Å². The van der Waals surface area contributed by atoms with Gasteiger partial charge in [0.2, 0.25) is 0 Å². The monoisotopic (exact) mass is 404 g/mol. The predicted octanol–water partition coefficient (Wildman–Crippen LogP) is 3.69. The number of para-hydroxylation sites is 1. The average molecular weight is 405 g/mol. The van der Waals surface area contributed by atoms with Crippen LogP contribution in [0.3, 0.4) is 0 Å². The van der Waals surface area contributed by atoms with Gasteiger partial charge in [0.25, 0.3) is 5.91 Å². The summed E-state index contributed by atoms with van der Waals surface area (Å²) in [5.74, 6) is -0.0229. The lowest BCUT2D eigenvalue weighted by atomic mass is 10.1. The number of hydroxylamine groups is 1. The van der Waals surface area contributed by atoms with Crippen molar-refractivity contribution in [2.75, 3.05) is 17.7 Å². The molecule has 3 aromatic rings. The van der Waals surface area contributed by atoms with Crippen LogP contribution in [0.15, 0.2) is 36.5 Å². The predicted molar refractivity (Wildman–Crippen MR) is 105 cm³/mol. The van der Waals surface area contributed by atoms with E-state index in [0.717, 1.165) is 11.5 Å². The Morgan fingerprint density at radius 2 is 2.07 bits per heavy atom. The molecule has 0 aliphatic carbocycles. The van der Waals surface area contributed by atoms with Gasteiger partial charge in [-0.05, 0) is 19.1 Å². The first-order valence-corrected chi connectivity index (χ1v) is 8.59. The molecule has 0 fully saturated rings. The van der Waals surface area contributed by atoms with Crippen molar-refractivity contribution < 1.29 is 14.0 Å². The molecular formula is C18H18ClFN6O2. The van der Waals surface area contributed by atoms with Crippen molar-refractivity contribution in [2.45, 2.75) is 6.92 Å². The smallest absolute Gasteiger partial charge is 0.277 e. The fraction of sp³-hybridized carbons (Fsp3) is 0.167. The Kier molecular flexibility index (Phi) is 5.76. The van der Waals surface area contributed by atoms with Gasteiger partial charge in [-0.15, -0.1) is 0 Å². The Morgan fingerprint density at radius 1 is 1.29 bits per heavy atom. The largest absolute Gasteiger partial charge is 0.351 e. The highest BCUT2D eigenvalue weighted by Gasteiger charge is 2.17. The molecule has 1 amide bonds. The molecule has 0 aliphatic heterocycles. The number of rotatable bonds is 6. The molecule has 0 atom stereocenters. The molecule has 2 aromatic heterocycles. The van der Waals surface area contributed by atoms with Crippen LogP contribution in [0.5, 0.6) is 0 Å². The number of halogens is 2. The molecule has 0 aliphatic rings. The summed E-state index contributed by atoms with van der Waals surface area (Å²) in [5, 5.41) is 10.5. The summed E-state index contributed by atoms with van der Waals surface area (Å²) in [6.45, 7) is 1.87. The topological polar surface area (TPSA) is 93.1 Å². The van der Waals surface area contributed by atoms with Crippen LogP contribution in [-0.4, -0.2) is 27.8 Å². The zero-order valence-electron chi connectivity index (χ0n) is 15.4. The minimum Gasteiger partial charge on any atom is -0.351 e. The summed E-state index contributed by atoms with van der Waals surface area (Å²) in [4.78, 5) is 21.0. The van der Waals surface area contributed by atoms with Crippen LogP contribution >= 0.6 is 11.6 Å². The SMILES string of the molecule is CONC(=O)c1cccc(F)c1Nc1cc(Nc2cc(C)nn2C)ncc1Cl. The lowest BCUT2D eigenvalue weighted by molar-refractivity contribution is 0.0538. The summed E-state index contributed by atoms with van der Waals surface area (Å²) in [6, 6.07) is 7.59. The Labute approximate surface area is 165 Å². The van der Waals surface area contributed by atoms with E-state index in [-0.39, 0.29) is 16.3 Å². The first-order chi connectivity index (χ1) is 13.4. The molecule has 8 nitrogen and oxygen atoms in total. The van der Waals surface area contributed by atoms with Crippen LogP contribution in [0.2, 0.25) is 5.02 Å². The molecular weight excluding hydrogens is 387 g/mol. The average Bonchev–Trinajstić information content (AvgIpc) is 2.96. The number of nitrogens with one attached hydrogen (secondary N) is 3. The van der Waals surface area contributed by atoms with Crippen molar-refractivity contribution in [3.8, 4) is 0 Å². The molecule has 0 bridgehead atoms. The number of hydrogen-bond donors (Lipinski definition) is 3. The number of aromatic nitrogens is 3. The fourth-order valence-corrected chi connectivity index (χ4v) is 2.73. The second-order valence-corrected chi connectivity index (χ2v) is 6.30. The lowest BCUT2D eigenvalue weighted by Gasteiger charge is -2.15. The lowest BCUT2D eigenvalue weighted by Crippen LogP contribution is -2.23. The Hall–Kier alpha value is -3.17. The van der Waals surface area contributed by atoms with Gasteiger partial charge >= 0.3 is 0 Å². The van der Waals surface area contributed by atoms with Crippen LogP contribution < -0.4 is 16.1 Å². The number of nitrogens with zero attached hydrogens (tertiary/aromatic N) is 3. The zero-order valence-corrected chi connectivity index (χ0v) is 16.1. The van der Waals surface area contributed by atoms with Crippen LogP contribution in [0.4, 0.5) is 27.4 Å². The van der Waals surface area contributed by atoms with Gasteiger partial charge in [-0.2, -0.15) is 5.10 Å². The highest BCUT2D eigenvalue weighted by Crippen LogP contribution is 2.31. The normalized spacial score (nSPS) is 10.6. The highest BCUT2D eigenvalue weighted by molar-refractivity contribution is 6.33. The molecule has 3 N–H and O–H groups in total. The fourth-order valence-electron chi connectivity index (χ4n) is 2.58. The van der Waals surface area contributed by atoms with Crippen molar-refractivity contribution in [1.29, 1.82) is 0 Å². The van der Waals surface area contributed by atoms with Crippen molar-refractivity contribution in [2.24, 2.45) is 7.05 Å². The second-order valence-electron chi connectivity index (χ2n) is 5.89. The number of amides is 1. The third kappa shape index (κ3) is 4.21. The number of carbonyl (C=O) groups is 1. The number of carbonyl (C=O) groups excluding carboxylic acids is 1. The van der Waals surface area contributed by atoms with E-state index >= 15 is 0 Å². The summed E-state index contributed by atoms with van der Waals surface area (Å²) >= 11 is 6.21. The summed E-state index contributed by atoms with van der Waals surface area (Å²) in [6.07, 6.45) is 1.42. The van der Waals surface area contributed by atoms with E-state index in [1.165, 1.54) is 31.5 Å². The Morgan fingerprint density at radius 3 is 2.75 bits per heavy atom. The molecule has 28 heavy (non-hydrogen) atoms. The number of anilines is 4. The van der Waals surface area contributed by atoms with Crippen molar-refractivity contribution >= 4 is 40.5 Å². The van der Waals surface area contributed by atoms with E-state index in [1.807, 2.05) is 13.0 Å². The van der Waals surface area contributed by atoms with E-state index in [0.29, 0.717) is 11.5 Å². The third-order valence-corrected chi connectivity index (χ3v) is 4.13. The minimum atomic E-state index is -0.617. The van der Waals surface area contributed by atoms with Crippen LogP contribution in [-0.2, 0) is 11.9 Å². The number of pyridine rings is 1. The van der Waals surface area contributed by atoms with Crippen molar-refractivity contribution in [1.82, 2.24) is 20.2 Å². The zero-order chi connectivity index (χ0) is 20.3. The first-order valence-electron chi connectivity index (χ1n) is 8.21. The van der Waals surface area contributed by atoms with Crippen LogP contribution in [0.25, 0.3) is 0 Å². The number of aryl methyl sites for hydroxylation is 2. The molecule has 0 saturated heterocycles. The second kappa shape index (κ2) is 8.24. The Balaban J connectivity index is 1.93. The van der Waals surface area contributed by atoms with Crippen molar-refractivity contribution in [3.63, 3.8) is 0 Å². The van der Waals surface area contributed by atoms with E-state index in [4.69, 9.17) is 11.6 Å². The molecule has 0 spiro atoms. The molecule has 146 valence electrons. The van der Waals surface area contributed by atoms with Gasteiger partial charge in [0.05, 0.1) is 41.0 Å². The van der Waals surface area contributed by atoms with Crippen LogP contribution in [0, 0.1) is 12.7 Å². The van der Waals surface area contributed by atoms with Gasteiger partial charge in [0.15, 0.2) is 0 Å². The maximum atomic E-state index is 14.4. The van der Waals surface area contributed by atoms with Gasteiger partial charge in [-0.3, -0.25) is 14.3 Å². The molecule has 3 rings (SSSR count). The van der Waals surface area contributed by atoms with E-state index < -0.39 is 11.7 Å². The highest BCUT2D eigenvalue weighted by atomic mass is 35.5. The maximum absolute atomic E-state index is 14.4. The number of benzene rings is 1. The molecule has 0 radical (unpaired) electrons. The minimum absolute atomic E-state index is 0.0347. The molecule has 1 aromatic carbocycles. The molecule has 0 saturated carbocycles. The van der Waals surface area contributed by atoms with Gasteiger partial charge < -0.3 is 10.6 Å². The van der Waals surface area contributed by atoms with Crippen molar-refractivity contribution in [3.05, 3.63) is 58.6 Å². The van der Waals surface area contributed by atoms with E-state index in [2.05, 4.69) is 31.0 Å². The Bertz CT molecular complexity index is 1020. The quantitative estimate of drug-likeness (QED) is 0.542. The third-order valence-electron chi connectivity index (χ3n) is 3.83.